The van der Waals surface area contributed by atoms with E-state index < -0.39 is 10.0 Å². The normalized spacial score (nSPS) is 21.2. The fraction of sp³-hybridized carbons (Fsp3) is 0.348. The highest BCUT2D eigenvalue weighted by Crippen LogP contribution is 2.56. The highest BCUT2D eigenvalue weighted by Gasteiger charge is 2.55. The number of sulfonamides is 1. The number of imidazole rings is 1. The molecule has 0 bridgehead atoms. The predicted molar refractivity (Wildman–Crippen MR) is 117 cm³/mol. The van der Waals surface area contributed by atoms with Crippen LogP contribution in [0, 0.1) is 11.2 Å². The summed E-state index contributed by atoms with van der Waals surface area (Å²) in [5.41, 5.74) is 2.01. The largest absolute Gasteiger partial charge is 0.363 e. The lowest BCUT2D eigenvalue weighted by Crippen LogP contribution is -2.62. The molecule has 162 valence electrons. The number of benzene rings is 2. The molecule has 2 aliphatic heterocycles. The second kappa shape index (κ2) is 7.46. The van der Waals surface area contributed by atoms with Crippen LogP contribution < -0.4 is 4.90 Å². The first-order valence-corrected chi connectivity index (χ1v) is 11.9. The third-order valence-corrected chi connectivity index (χ3v) is 8.42. The summed E-state index contributed by atoms with van der Waals surface area (Å²) in [4.78, 5) is 6.28. The van der Waals surface area contributed by atoms with Gasteiger partial charge in [0.2, 0.25) is 0 Å². The van der Waals surface area contributed by atoms with Crippen LogP contribution in [0.3, 0.4) is 0 Å². The van der Waals surface area contributed by atoms with Gasteiger partial charge in [0.05, 0.1) is 12.4 Å². The summed E-state index contributed by atoms with van der Waals surface area (Å²) in [7, 11) is -1.83. The zero-order chi connectivity index (χ0) is 21.6. The SMILES string of the molecule is Cn1cnc(S(=O)(=O)N2CCC3(CC2)CN(c2cccc(F)c2)C3c2ccccc2)c1. The van der Waals surface area contributed by atoms with E-state index in [4.69, 9.17) is 0 Å². The Morgan fingerprint density at radius 1 is 1.06 bits per heavy atom. The Hall–Kier alpha value is -2.71. The number of hydrogen-bond donors (Lipinski definition) is 0. The van der Waals surface area contributed by atoms with Crippen molar-refractivity contribution < 1.29 is 12.8 Å². The number of piperidine rings is 1. The Labute approximate surface area is 182 Å². The van der Waals surface area contributed by atoms with Crippen LogP contribution in [0.2, 0.25) is 0 Å². The van der Waals surface area contributed by atoms with Crippen molar-refractivity contribution in [2.45, 2.75) is 23.9 Å². The van der Waals surface area contributed by atoms with E-state index in [0.717, 1.165) is 25.1 Å². The molecule has 2 saturated heterocycles. The zero-order valence-corrected chi connectivity index (χ0v) is 18.2. The lowest BCUT2D eigenvalue weighted by molar-refractivity contribution is 0.0573. The van der Waals surface area contributed by atoms with Crippen LogP contribution in [0.25, 0.3) is 0 Å². The van der Waals surface area contributed by atoms with Gasteiger partial charge in [0.25, 0.3) is 10.0 Å². The molecule has 31 heavy (non-hydrogen) atoms. The fourth-order valence-electron chi connectivity index (χ4n) is 5.06. The molecule has 0 radical (unpaired) electrons. The maximum Gasteiger partial charge on any atom is 0.262 e. The maximum atomic E-state index is 13.9. The molecule has 2 fully saturated rings. The Bertz CT molecular complexity index is 1190. The molecule has 1 aromatic heterocycles. The summed E-state index contributed by atoms with van der Waals surface area (Å²) < 4.78 is 43.1. The summed E-state index contributed by atoms with van der Waals surface area (Å²) >= 11 is 0. The highest BCUT2D eigenvalue weighted by atomic mass is 32.2. The third kappa shape index (κ3) is 3.43. The van der Waals surface area contributed by atoms with Gasteiger partial charge in [0.15, 0.2) is 5.03 Å². The number of rotatable bonds is 4. The van der Waals surface area contributed by atoms with Crippen molar-refractivity contribution in [3.05, 3.63) is 78.5 Å². The van der Waals surface area contributed by atoms with E-state index in [1.165, 1.54) is 18.0 Å². The average Bonchev–Trinajstić information content (AvgIpc) is 3.20. The molecule has 2 aromatic carbocycles. The molecule has 0 saturated carbocycles. The van der Waals surface area contributed by atoms with Crippen LogP contribution in [0.4, 0.5) is 10.1 Å². The monoisotopic (exact) mass is 440 g/mol. The van der Waals surface area contributed by atoms with Gasteiger partial charge in [0.1, 0.15) is 5.82 Å². The van der Waals surface area contributed by atoms with Crippen LogP contribution >= 0.6 is 0 Å². The van der Waals surface area contributed by atoms with Crippen molar-refractivity contribution in [1.29, 1.82) is 0 Å². The minimum absolute atomic E-state index is 0.0379. The van der Waals surface area contributed by atoms with Crippen molar-refractivity contribution in [3.63, 3.8) is 0 Å². The molecular weight excluding hydrogens is 415 g/mol. The molecule has 3 aromatic rings. The Balaban J connectivity index is 1.41. The van der Waals surface area contributed by atoms with Gasteiger partial charge in [0, 0.05) is 44.0 Å². The number of aromatic nitrogens is 2. The van der Waals surface area contributed by atoms with Gasteiger partial charge in [-0.25, -0.2) is 17.8 Å². The zero-order valence-electron chi connectivity index (χ0n) is 17.4. The molecule has 1 unspecified atom stereocenters. The van der Waals surface area contributed by atoms with E-state index in [9.17, 15) is 12.8 Å². The van der Waals surface area contributed by atoms with Crippen molar-refractivity contribution in [2.75, 3.05) is 24.5 Å². The Morgan fingerprint density at radius 3 is 2.45 bits per heavy atom. The molecular formula is C23H25FN4O2S. The van der Waals surface area contributed by atoms with Gasteiger partial charge >= 0.3 is 0 Å². The number of hydrogen-bond acceptors (Lipinski definition) is 4. The number of aryl methyl sites for hydroxylation is 1. The van der Waals surface area contributed by atoms with Gasteiger partial charge in [-0.05, 0) is 36.6 Å². The van der Waals surface area contributed by atoms with Crippen LogP contribution in [-0.4, -0.2) is 41.9 Å². The van der Waals surface area contributed by atoms with E-state index in [2.05, 4.69) is 22.0 Å². The molecule has 1 atom stereocenters. The fourth-order valence-corrected chi connectivity index (χ4v) is 6.46. The molecule has 0 amide bonds. The molecule has 5 rings (SSSR count). The van der Waals surface area contributed by atoms with Crippen LogP contribution in [0.5, 0.6) is 0 Å². The second-order valence-corrected chi connectivity index (χ2v) is 10.4. The van der Waals surface area contributed by atoms with Crippen molar-refractivity contribution in [1.82, 2.24) is 13.9 Å². The van der Waals surface area contributed by atoms with Gasteiger partial charge in [-0.1, -0.05) is 36.4 Å². The van der Waals surface area contributed by atoms with Gasteiger partial charge in [-0.2, -0.15) is 4.31 Å². The van der Waals surface area contributed by atoms with Crippen LogP contribution in [-0.2, 0) is 17.1 Å². The number of nitrogens with zero attached hydrogens (tertiary/aromatic N) is 4. The average molecular weight is 441 g/mol. The topological polar surface area (TPSA) is 58.4 Å². The van der Waals surface area contributed by atoms with Gasteiger partial charge < -0.3 is 9.47 Å². The highest BCUT2D eigenvalue weighted by molar-refractivity contribution is 7.89. The number of halogens is 1. The molecule has 8 heteroatoms. The van der Waals surface area contributed by atoms with E-state index in [1.54, 1.807) is 34.2 Å². The summed E-state index contributed by atoms with van der Waals surface area (Å²) in [6, 6.07) is 17.0. The van der Waals surface area contributed by atoms with Crippen molar-refractivity contribution in [2.24, 2.45) is 12.5 Å². The molecule has 3 heterocycles. The second-order valence-electron chi connectivity index (χ2n) is 8.56. The first kappa shape index (κ1) is 20.2. The Kier molecular flexibility index (Phi) is 4.86. The molecule has 0 aliphatic carbocycles. The van der Waals surface area contributed by atoms with Crippen molar-refractivity contribution >= 4 is 15.7 Å². The minimum atomic E-state index is -3.59. The first-order chi connectivity index (χ1) is 14.9. The maximum absolute atomic E-state index is 13.9. The smallest absolute Gasteiger partial charge is 0.262 e. The lowest BCUT2D eigenvalue weighted by Gasteiger charge is -2.61. The van der Waals surface area contributed by atoms with Crippen LogP contribution in [0.1, 0.15) is 24.4 Å². The molecule has 1 spiro atoms. The van der Waals surface area contributed by atoms with E-state index >= 15 is 0 Å². The standard InChI is InChI=1S/C23H25FN4O2S/c1-26-15-21(25-17-26)31(29,30)27-12-10-23(11-13-27)16-28(20-9-5-8-19(24)14-20)22(23)18-6-3-2-4-7-18/h2-9,14-15,17,22H,10-13,16H2,1H3. The third-order valence-electron chi connectivity index (χ3n) is 6.64. The Morgan fingerprint density at radius 2 is 1.81 bits per heavy atom. The van der Waals surface area contributed by atoms with E-state index in [0.29, 0.717) is 13.1 Å². The minimum Gasteiger partial charge on any atom is -0.363 e. The van der Waals surface area contributed by atoms with Gasteiger partial charge in [-0.3, -0.25) is 0 Å². The quantitative estimate of drug-likeness (QED) is 0.622. The van der Waals surface area contributed by atoms with E-state index in [-0.39, 0.29) is 22.3 Å². The molecule has 6 nitrogen and oxygen atoms in total. The summed E-state index contributed by atoms with van der Waals surface area (Å²) in [6.07, 6.45) is 4.56. The summed E-state index contributed by atoms with van der Waals surface area (Å²) in [6.45, 7) is 1.70. The van der Waals surface area contributed by atoms with E-state index in [1.807, 2.05) is 24.3 Å². The van der Waals surface area contributed by atoms with Crippen LogP contribution in [0.15, 0.2) is 72.1 Å². The first-order valence-electron chi connectivity index (χ1n) is 10.4. The lowest BCUT2D eigenvalue weighted by atomic mass is 9.63. The molecule has 2 aliphatic rings. The molecule has 0 N–H and O–H groups in total. The number of anilines is 1. The summed E-state index contributed by atoms with van der Waals surface area (Å²) in [5.74, 6) is -0.249. The van der Waals surface area contributed by atoms with Crippen molar-refractivity contribution in [3.8, 4) is 0 Å². The summed E-state index contributed by atoms with van der Waals surface area (Å²) in [5, 5.41) is 0.0977. The predicted octanol–water partition coefficient (Wildman–Crippen LogP) is 3.59. The van der Waals surface area contributed by atoms with Gasteiger partial charge in [-0.15, -0.1) is 0 Å².